The van der Waals surface area contributed by atoms with E-state index in [1.807, 2.05) is 14.1 Å². The summed E-state index contributed by atoms with van der Waals surface area (Å²) < 4.78 is 21.8. The van der Waals surface area contributed by atoms with Gasteiger partial charge in [-0.3, -0.25) is 9.52 Å². The number of ether oxygens (including phenoxy) is 1. The molecular formula is C26H32ClFN4O2S2. The summed E-state index contributed by atoms with van der Waals surface area (Å²) in [5.41, 5.74) is 0.137. The first-order valence-electron chi connectivity index (χ1n) is 11.8. The van der Waals surface area contributed by atoms with E-state index in [9.17, 15) is 14.4 Å². The van der Waals surface area contributed by atoms with Gasteiger partial charge < -0.3 is 15.0 Å². The Morgan fingerprint density at radius 2 is 2.03 bits per heavy atom. The highest BCUT2D eigenvalue weighted by atomic mass is 35.5. The Labute approximate surface area is 226 Å². The number of carbonyl (C=O) groups is 1. The van der Waals surface area contributed by atoms with Gasteiger partial charge in [0.25, 0.3) is 5.91 Å². The van der Waals surface area contributed by atoms with Crippen LogP contribution in [0, 0.1) is 17.1 Å². The fourth-order valence-corrected chi connectivity index (χ4v) is 5.84. The van der Waals surface area contributed by atoms with Gasteiger partial charge in [0.2, 0.25) is 0 Å². The van der Waals surface area contributed by atoms with E-state index in [0.29, 0.717) is 39.9 Å². The van der Waals surface area contributed by atoms with Crippen molar-refractivity contribution in [1.82, 2.24) is 9.62 Å². The molecule has 2 atom stereocenters. The summed E-state index contributed by atoms with van der Waals surface area (Å²) in [4.78, 5) is 16.4. The number of benzene rings is 2. The first-order valence-corrected chi connectivity index (χ1v) is 14.0. The predicted molar refractivity (Wildman–Crippen MR) is 146 cm³/mol. The molecule has 1 aliphatic rings. The quantitative estimate of drug-likeness (QED) is 0.264. The van der Waals surface area contributed by atoms with Crippen LogP contribution in [0.15, 0.2) is 46.2 Å². The Hall–Kier alpha value is -1.96. The van der Waals surface area contributed by atoms with Gasteiger partial charge in [0.1, 0.15) is 17.5 Å². The summed E-state index contributed by atoms with van der Waals surface area (Å²) >= 11 is 9.37. The Morgan fingerprint density at radius 1 is 1.28 bits per heavy atom. The van der Waals surface area contributed by atoms with Crippen LogP contribution < -0.4 is 10.0 Å². The van der Waals surface area contributed by atoms with E-state index in [1.165, 1.54) is 12.1 Å². The minimum Gasteiger partial charge on any atom is -0.379 e. The van der Waals surface area contributed by atoms with Crippen LogP contribution in [0.4, 0.5) is 10.1 Å². The highest BCUT2D eigenvalue weighted by molar-refractivity contribution is 7.99. The maximum absolute atomic E-state index is 13.3. The van der Waals surface area contributed by atoms with E-state index in [0.717, 1.165) is 42.7 Å². The number of nitrogens with zero attached hydrogens (tertiary/aromatic N) is 2. The number of nitrogens with one attached hydrogen (secondary N) is 2. The van der Waals surface area contributed by atoms with E-state index < -0.39 is 5.60 Å². The molecule has 0 radical (unpaired) electrons. The van der Waals surface area contributed by atoms with E-state index >= 15 is 0 Å². The van der Waals surface area contributed by atoms with Crippen LogP contribution in [0.5, 0.6) is 0 Å². The molecule has 0 spiro atoms. The van der Waals surface area contributed by atoms with Gasteiger partial charge in [0, 0.05) is 28.2 Å². The van der Waals surface area contributed by atoms with Crippen molar-refractivity contribution < 1.29 is 13.9 Å². The van der Waals surface area contributed by atoms with Crippen molar-refractivity contribution in [2.45, 2.75) is 54.0 Å². The van der Waals surface area contributed by atoms with Gasteiger partial charge in [-0.2, -0.15) is 5.26 Å². The van der Waals surface area contributed by atoms with Crippen molar-refractivity contribution in [1.29, 1.82) is 5.26 Å². The second kappa shape index (κ2) is 13.5. The molecule has 2 N–H and O–H groups in total. The minimum atomic E-state index is -0.837. The molecule has 0 aromatic heterocycles. The standard InChI is InChI=1S/C26H32ClFN4O2S2/c1-26(11-4-5-13-34-26)25(33)31-36-22-14-18(16-29)24(23(27)15-22)30-20(10-12-32(2)3)17-35-21-8-6-19(28)7-9-21/h6-9,14-15,20,30H,4-5,10-13,17H2,1-3H3,(H,31,33). The van der Waals surface area contributed by atoms with Gasteiger partial charge in [-0.25, -0.2) is 4.39 Å². The minimum absolute atomic E-state index is 0.0219. The zero-order valence-corrected chi connectivity index (χ0v) is 23.2. The molecular weight excluding hydrogens is 519 g/mol. The number of anilines is 1. The Bertz CT molecular complexity index is 1070. The zero-order chi connectivity index (χ0) is 26.1. The molecule has 0 aliphatic carbocycles. The average molecular weight is 551 g/mol. The molecule has 0 bridgehead atoms. The fourth-order valence-electron chi connectivity index (χ4n) is 3.74. The molecule has 1 fully saturated rings. The number of hydrogen-bond donors (Lipinski definition) is 2. The third kappa shape index (κ3) is 8.29. The van der Waals surface area contributed by atoms with Gasteiger partial charge in [0.05, 0.1) is 16.3 Å². The highest BCUT2D eigenvalue weighted by Gasteiger charge is 2.36. The van der Waals surface area contributed by atoms with Gasteiger partial charge >= 0.3 is 0 Å². The van der Waals surface area contributed by atoms with Crippen molar-refractivity contribution in [3.8, 4) is 6.07 Å². The van der Waals surface area contributed by atoms with Gasteiger partial charge in [-0.15, -0.1) is 11.8 Å². The summed E-state index contributed by atoms with van der Waals surface area (Å²) in [7, 11) is 4.02. The molecule has 1 amide bonds. The zero-order valence-electron chi connectivity index (χ0n) is 20.8. The molecule has 194 valence electrons. The molecule has 2 aromatic carbocycles. The van der Waals surface area contributed by atoms with Gasteiger partial charge in [-0.1, -0.05) is 11.6 Å². The number of carbonyl (C=O) groups excluding carboxylic acids is 1. The number of thioether (sulfide) groups is 1. The van der Waals surface area contributed by atoms with Crippen LogP contribution in [0.3, 0.4) is 0 Å². The Morgan fingerprint density at radius 3 is 2.67 bits per heavy atom. The molecule has 1 aliphatic heterocycles. The molecule has 3 rings (SSSR count). The highest BCUT2D eigenvalue weighted by Crippen LogP contribution is 2.33. The number of amides is 1. The van der Waals surface area contributed by atoms with Crippen molar-refractivity contribution in [2.24, 2.45) is 0 Å². The maximum atomic E-state index is 13.3. The fraction of sp³-hybridized carbons (Fsp3) is 0.462. The topological polar surface area (TPSA) is 77.4 Å². The van der Waals surface area contributed by atoms with Crippen LogP contribution in [0.2, 0.25) is 5.02 Å². The maximum Gasteiger partial charge on any atom is 0.262 e. The van der Waals surface area contributed by atoms with Crippen LogP contribution in [-0.2, 0) is 9.53 Å². The van der Waals surface area contributed by atoms with Crippen LogP contribution in [0.1, 0.15) is 38.2 Å². The molecule has 36 heavy (non-hydrogen) atoms. The monoisotopic (exact) mass is 550 g/mol. The number of nitriles is 1. The smallest absolute Gasteiger partial charge is 0.262 e. The van der Waals surface area contributed by atoms with Crippen molar-refractivity contribution in [3.05, 3.63) is 52.8 Å². The Balaban J connectivity index is 1.69. The molecule has 10 heteroatoms. The van der Waals surface area contributed by atoms with Gasteiger partial charge in [-0.05, 0) is 102 Å². The van der Waals surface area contributed by atoms with Gasteiger partial charge in [0.15, 0.2) is 0 Å². The first-order chi connectivity index (χ1) is 17.2. The van der Waals surface area contributed by atoms with E-state index in [4.69, 9.17) is 16.3 Å². The average Bonchev–Trinajstić information content (AvgIpc) is 2.86. The molecule has 1 saturated heterocycles. The summed E-state index contributed by atoms with van der Waals surface area (Å²) in [6, 6.07) is 12.1. The number of hydrogen-bond acceptors (Lipinski definition) is 7. The van der Waals surface area contributed by atoms with Crippen LogP contribution >= 0.6 is 35.3 Å². The lowest BCUT2D eigenvalue weighted by Crippen LogP contribution is -2.46. The first kappa shape index (κ1) is 28.6. The van der Waals surface area contributed by atoms with Crippen LogP contribution in [-0.4, -0.2) is 55.4 Å². The normalized spacial score (nSPS) is 18.5. The lowest BCUT2D eigenvalue weighted by atomic mass is 9.95. The molecule has 2 aromatic rings. The SMILES string of the molecule is CN(C)CCC(CSc1ccc(F)cc1)Nc1c(Cl)cc(SNC(=O)C2(C)CCCCO2)cc1C#N. The second-order valence-electron chi connectivity index (χ2n) is 9.21. The van der Waals surface area contributed by atoms with E-state index in [2.05, 4.69) is 21.0 Å². The third-order valence-electron chi connectivity index (χ3n) is 5.93. The largest absolute Gasteiger partial charge is 0.379 e. The van der Waals surface area contributed by atoms with Crippen molar-refractivity contribution in [3.63, 3.8) is 0 Å². The lowest BCUT2D eigenvalue weighted by Gasteiger charge is -2.32. The van der Waals surface area contributed by atoms with E-state index in [1.54, 1.807) is 43.0 Å². The lowest BCUT2D eigenvalue weighted by molar-refractivity contribution is -0.148. The molecule has 2 unspecified atom stereocenters. The van der Waals surface area contributed by atoms with Crippen LogP contribution in [0.25, 0.3) is 0 Å². The molecule has 6 nitrogen and oxygen atoms in total. The van der Waals surface area contributed by atoms with Crippen molar-refractivity contribution >= 4 is 46.9 Å². The van der Waals surface area contributed by atoms with E-state index in [-0.39, 0.29) is 17.8 Å². The van der Waals surface area contributed by atoms with Crippen molar-refractivity contribution in [2.75, 3.05) is 38.3 Å². The third-order valence-corrected chi connectivity index (χ3v) is 8.16. The summed E-state index contributed by atoms with van der Waals surface area (Å²) in [6.07, 6.45) is 3.42. The summed E-state index contributed by atoms with van der Waals surface area (Å²) in [5.74, 6) is 0.262. The summed E-state index contributed by atoms with van der Waals surface area (Å²) in [6.45, 7) is 3.23. The number of halogens is 2. The molecule has 0 saturated carbocycles. The summed E-state index contributed by atoms with van der Waals surface area (Å²) in [5, 5.41) is 13.7. The second-order valence-corrected chi connectivity index (χ2v) is 11.6. The molecule has 1 heterocycles. The Kier molecular flexibility index (Phi) is 10.8. The number of rotatable bonds is 11. The predicted octanol–water partition coefficient (Wildman–Crippen LogP) is 5.96.